The van der Waals surface area contributed by atoms with Gasteiger partial charge in [-0.15, -0.1) is 0 Å². The molecule has 0 radical (unpaired) electrons. The molecule has 4 nitrogen and oxygen atoms in total. The molecule has 1 aliphatic heterocycles. The van der Waals surface area contributed by atoms with E-state index in [2.05, 4.69) is 61.0 Å². The Morgan fingerprint density at radius 2 is 2.21 bits per heavy atom. The second-order valence-electron chi connectivity index (χ2n) is 6.49. The molecule has 2 atom stereocenters. The summed E-state index contributed by atoms with van der Waals surface area (Å²) in [5.74, 6) is 1.34. The van der Waals surface area contributed by atoms with Crippen LogP contribution in [0.1, 0.15) is 6.42 Å². The summed E-state index contributed by atoms with van der Waals surface area (Å²) in [7, 11) is 2.12. The predicted octanol–water partition coefficient (Wildman–Crippen LogP) is 1.35. The van der Waals surface area contributed by atoms with Gasteiger partial charge >= 0.3 is 0 Å². The molecule has 1 unspecified atom stereocenters. The highest BCUT2D eigenvalue weighted by atomic mass is 16.5. The van der Waals surface area contributed by atoms with Gasteiger partial charge in [-0.25, -0.2) is 4.98 Å². The monoisotopic (exact) mass is 319 g/mol. The van der Waals surface area contributed by atoms with Crippen molar-refractivity contribution in [2.45, 2.75) is 12.5 Å². The average molecular weight is 319 g/mol. The Hall–Kier alpha value is -2.11. The molecule has 24 heavy (non-hydrogen) atoms. The van der Waals surface area contributed by atoms with Crippen LogP contribution in [0.3, 0.4) is 0 Å². The van der Waals surface area contributed by atoms with E-state index in [1.54, 1.807) is 0 Å². The number of benzene rings is 1. The van der Waals surface area contributed by atoms with E-state index in [1.807, 2.05) is 6.07 Å². The highest BCUT2D eigenvalue weighted by Gasteiger charge is 2.23. The summed E-state index contributed by atoms with van der Waals surface area (Å²) in [6.45, 7) is 2.71. The van der Waals surface area contributed by atoms with E-state index in [9.17, 15) is 0 Å². The molecule has 0 saturated carbocycles. The molecular weight excluding hydrogens is 297 g/mol. The number of aromatic nitrogens is 1. The fourth-order valence-corrected chi connectivity index (χ4v) is 3.39. The van der Waals surface area contributed by atoms with Crippen molar-refractivity contribution in [1.82, 2.24) is 10.3 Å². The van der Waals surface area contributed by atoms with Crippen LogP contribution in [0.5, 0.6) is 0 Å². The number of allylic oxidation sites excluding steroid dienone is 2. The van der Waals surface area contributed by atoms with Crippen molar-refractivity contribution < 1.29 is 4.74 Å². The minimum Gasteiger partial charge on any atom is -0.375 e. The fraction of sp³-hybridized carbons (Fsp3) is 0.316. The van der Waals surface area contributed by atoms with Gasteiger partial charge in [-0.05, 0) is 36.1 Å². The summed E-state index contributed by atoms with van der Waals surface area (Å²) in [6.07, 6.45) is 7.93. The van der Waals surface area contributed by atoms with E-state index in [1.165, 1.54) is 10.8 Å². The zero-order valence-corrected chi connectivity index (χ0v) is 14.0. The number of nitrogens with zero attached hydrogens (tertiary/aromatic N) is 1. The van der Waals surface area contributed by atoms with E-state index >= 15 is 0 Å². The topological polar surface area (TPSA) is 46.2 Å². The lowest BCUT2D eigenvalue weighted by atomic mass is 9.92. The number of pyridine rings is 1. The van der Waals surface area contributed by atoms with Crippen LogP contribution in [0.4, 0.5) is 5.82 Å². The standard InChI is InChI=1S/C19H22BN3O/c20-16-2-1-3-17-15(16)8-9-19(23-17)22-14-6-4-13(5-7-14)18-12-21-10-11-24-18/h1-4,6-9,13,18,21H,5,10-12,20H2,(H,22,23)/t13?,18-/m1/s1. The minimum atomic E-state index is 0.287. The van der Waals surface area contributed by atoms with E-state index < -0.39 is 0 Å². The first-order valence-electron chi connectivity index (χ1n) is 8.64. The predicted molar refractivity (Wildman–Crippen MR) is 101 cm³/mol. The van der Waals surface area contributed by atoms with Crippen LogP contribution in [0.15, 0.2) is 54.3 Å². The quantitative estimate of drug-likeness (QED) is 0.839. The Kier molecular flexibility index (Phi) is 4.37. The first kappa shape index (κ1) is 15.4. The Morgan fingerprint density at radius 3 is 3.00 bits per heavy atom. The number of rotatable bonds is 3. The van der Waals surface area contributed by atoms with Crippen molar-refractivity contribution in [2.24, 2.45) is 5.92 Å². The van der Waals surface area contributed by atoms with Crippen LogP contribution < -0.4 is 16.1 Å². The Bertz CT molecular complexity index is 796. The smallest absolute Gasteiger partial charge is 0.140 e. The third-order valence-corrected chi connectivity index (χ3v) is 4.79. The van der Waals surface area contributed by atoms with Gasteiger partial charge in [0, 0.05) is 24.7 Å². The van der Waals surface area contributed by atoms with E-state index in [-0.39, 0.29) is 6.10 Å². The van der Waals surface area contributed by atoms with Crippen LogP contribution in [-0.4, -0.2) is 38.6 Å². The summed E-state index contributed by atoms with van der Waals surface area (Å²) in [5, 5.41) is 8.03. The zero-order chi connectivity index (χ0) is 16.4. The summed E-state index contributed by atoms with van der Waals surface area (Å²) in [6, 6.07) is 10.4. The Balaban J connectivity index is 1.44. The highest BCUT2D eigenvalue weighted by Crippen LogP contribution is 2.23. The molecule has 2 aliphatic rings. The molecule has 0 spiro atoms. The molecule has 2 heterocycles. The molecule has 1 aromatic heterocycles. The molecule has 5 heteroatoms. The lowest BCUT2D eigenvalue weighted by molar-refractivity contribution is 0.00355. The third-order valence-electron chi connectivity index (χ3n) is 4.79. The second-order valence-corrected chi connectivity index (χ2v) is 6.49. The van der Waals surface area contributed by atoms with Crippen molar-refractivity contribution in [2.75, 3.05) is 25.0 Å². The Morgan fingerprint density at radius 1 is 1.25 bits per heavy atom. The summed E-state index contributed by atoms with van der Waals surface area (Å²) in [4.78, 5) is 4.72. The molecule has 122 valence electrons. The van der Waals surface area contributed by atoms with Crippen LogP contribution in [0.25, 0.3) is 10.9 Å². The summed E-state index contributed by atoms with van der Waals surface area (Å²) in [5.41, 5.74) is 3.39. The van der Waals surface area contributed by atoms with E-state index in [0.717, 1.165) is 43.1 Å². The summed E-state index contributed by atoms with van der Waals surface area (Å²) < 4.78 is 5.85. The molecule has 1 aliphatic carbocycles. The van der Waals surface area contributed by atoms with Crippen LogP contribution in [0, 0.1) is 5.92 Å². The normalized spacial score (nSPS) is 23.9. The average Bonchev–Trinajstić information content (AvgIpc) is 2.63. The first-order valence-corrected chi connectivity index (χ1v) is 8.64. The molecule has 4 rings (SSSR count). The summed E-state index contributed by atoms with van der Waals surface area (Å²) >= 11 is 0. The molecule has 2 N–H and O–H groups in total. The Labute approximate surface area is 143 Å². The van der Waals surface area contributed by atoms with Crippen LogP contribution in [0.2, 0.25) is 0 Å². The number of hydrogen-bond donors (Lipinski definition) is 2. The molecule has 1 saturated heterocycles. The van der Waals surface area contributed by atoms with Crippen molar-refractivity contribution >= 4 is 30.0 Å². The molecule has 2 aromatic rings. The maximum atomic E-state index is 5.85. The minimum absolute atomic E-state index is 0.287. The number of nitrogens with one attached hydrogen (secondary N) is 2. The number of morpholine rings is 1. The van der Waals surface area contributed by atoms with Gasteiger partial charge in [0.2, 0.25) is 0 Å². The van der Waals surface area contributed by atoms with Gasteiger partial charge in [0.15, 0.2) is 0 Å². The number of anilines is 1. The van der Waals surface area contributed by atoms with E-state index in [0.29, 0.717) is 5.92 Å². The van der Waals surface area contributed by atoms with Gasteiger partial charge in [0.05, 0.1) is 18.2 Å². The van der Waals surface area contributed by atoms with Gasteiger partial charge in [-0.3, -0.25) is 0 Å². The largest absolute Gasteiger partial charge is 0.375 e. The lowest BCUT2D eigenvalue weighted by Gasteiger charge is -2.30. The molecule has 0 amide bonds. The van der Waals surface area contributed by atoms with Crippen molar-refractivity contribution in [3.63, 3.8) is 0 Å². The van der Waals surface area contributed by atoms with Crippen molar-refractivity contribution in [3.8, 4) is 0 Å². The van der Waals surface area contributed by atoms with Gasteiger partial charge in [0.1, 0.15) is 13.7 Å². The van der Waals surface area contributed by atoms with Gasteiger partial charge in [0.25, 0.3) is 0 Å². The SMILES string of the molecule is Bc1cccc2nc(NC3=CCC([C@H]4CNCCO4)C=C3)ccc12. The molecule has 0 bridgehead atoms. The van der Waals surface area contributed by atoms with Crippen LogP contribution in [-0.2, 0) is 4.74 Å². The molecule has 1 fully saturated rings. The number of hydrogen-bond acceptors (Lipinski definition) is 4. The van der Waals surface area contributed by atoms with Crippen molar-refractivity contribution in [3.05, 3.63) is 54.3 Å². The maximum Gasteiger partial charge on any atom is 0.140 e. The van der Waals surface area contributed by atoms with Crippen LogP contribution >= 0.6 is 0 Å². The maximum absolute atomic E-state index is 5.85. The third kappa shape index (κ3) is 3.23. The zero-order valence-electron chi connectivity index (χ0n) is 14.0. The van der Waals surface area contributed by atoms with Gasteiger partial charge in [-0.1, -0.05) is 29.7 Å². The fourth-order valence-electron chi connectivity index (χ4n) is 3.39. The highest BCUT2D eigenvalue weighted by molar-refractivity contribution is 6.38. The van der Waals surface area contributed by atoms with Crippen molar-refractivity contribution in [1.29, 1.82) is 0 Å². The number of fused-ring (bicyclic) bond motifs is 1. The first-order chi connectivity index (χ1) is 11.8. The van der Waals surface area contributed by atoms with E-state index in [4.69, 9.17) is 9.72 Å². The molecule has 1 aromatic carbocycles. The molecular formula is C19H22BN3O. The van der Waals surface area contributed by atoms with Gasteiger partial charge < -0.3 is 15.4 Å². The van der Waals surface area contributed by atoms with Gasteiger partial charge in [-0.2, -0.15) is 0 Å². The second kappa shape index (κ2) is 6.79. The lowest BCUT2D eigenvalue weighted by Crippen LogP contribution is -2.42. The number of ether oxygens (including phenoxy) is 1.